The zero-order valence-corrected chi connectivity index (χ0v) is 21.2. The molecule has 4 aromatic rings. The summed E-state index contributed by atoms with van der Waals surface area (Å²) in [5.74, 6) is -0.350. The largest absolute Gasteiger partial charge is 0.481 e. The first-order chi connectivity index (χ1) is 19.5. The van der Waals surface area contributed by atoms with Gasteiger partial charge in [0.15, 0.2) is 5.84 Å². The van der Waals surface area contributed by atoms with Crippen LogP contribution in [0.15, 0.2) is 90.2 Å². The van der Waals surface area contributed by atoms with Crippen molar-refractivity contribution in [1.82, 2.24) is 9.88 Å². The van der Waals surface area contributed by atoms with Crippen molar-refractivity contribution in [2.24, 2.45) is 5.16 Å². The minimum atomic E-state index is -5.06. The van der Waals surface area contributed by atoms with Gasteiger partial charge in [-0.2, -0.15) is 26.3 Å². The highest BCUT2D eigenvalue weighted by Gasteiger charge is 2.41. The number of benzene rings is 3. The number of ether oxygens (including phenoxy) is 1. The molecule has 212 valence electrons. The molecule has 5 rings (SSSR count). The highest BCUT2D eigenvalue weighted by atomic mass is 19.4. The van der Waals surface area contributed by atoms with Gasteiger partial charge >= 0.3 is 12.4 Å². The van der Waals surface area contributed by atoms with Crippen molar-refractivity contribution in [2.45, 2.75) is 25.1 Å². The molecule has 1 unspecified atom stereocenters. The van der Waals surface area contributed by atoms with Gasteiger partial charge in [-0.3, -0.25) is 0 Å². The minimum Gasteiger partial charge on any atom is -0.481 e. The predicted molar refractivity (Wildman–Crippen MR) is 135 cm³/mol. The van der Waals surface area contributed by atoms with Gasteiger partial charge in [-0.25, -0.2) is 9.37 Å². The van der Waals surface area contributed by atoms with Gasteiger partial charge in [0, 0.05) is 28.5 Å². The standard InChI is InChI=1S/C29H20F7N3O2/c1-40-26-23(21(11-12-37-26)22-9-5-6-10-24(22)30)16-39-25(17-7-3-2-4-8-17)38-41-27(39)18-13-19(28(31,32)33)15-20(14-18)29(34,35)36/h2-15,27H,16H2,1H3. The van der Waals surface area contributed by atoms with Crippen molar-refractivity contribution in [3.63, 3.8) is 0 Å². The number of pyridine rings is 1. The van der Waals surface area contributed by atoms with Crippen LogP contribution in [0, 0.1) is 5.82 Å². The van der Waals surface area contributed by atoms with Crippen LogP contribution in [0.25, 0.3) is 11.1 Å². The Bertz CT molecular complexity index is 1560. The number of hydrogen-bond donors (Lipinski definition) is 0. The molecular weight excluding hydrogens is 555 g/mol. The number of rotatable bonds is 6. The zero-order chi connectivity index (χ0) is 29.4. The summed E-state index contributed by atoms with van der Waals surface area (Å²) in [6.45, 7) is -0.226. The molecule has 0 aliphatic carbocycles. The van der Waals surface area contributed by atoms with Crippen LogP contribution in [-0.4, -0.2) is 22.8 Å². The third kappa shape index (κ3) is 5.67. The third-order valence-corrected chi connectivity index (χ3v) is 6.42. The van der Waals surface area contributed by atoms with Crippen molar-refractivity contribution in [3.8, 4) is 17.0 Å². The lowest BCUT2D eigenvalue weighted by Gasteiger charge is -2.28. The van der Waals surface area contributed by atoms with Crippen LogP contribution >= 0.6 is 0 Å². The van der Waals surface area contributed by atoms with E-state index in [0.717, 1.165) is 0 Å². The van der Waals surface area contributed by atoms with E-state index in [9.17, 15) is 30.7 Å². The molecule has 0 fully saturated rings. The first kappa shape index (κ1) is 27.9. The Morgan fingerprint density at radius 3 is 2.07 bits per heavy atom. The summed E-state index contributed by atoms with van der Waals surface area (Å²) in [5.41, 5.74) is -2.09. The summed E-state index contributed by atoms with van der Waals surface area (Å²) in [5, 5.41) is 4.05. The molecule has 0 amide bonds. The number of methoxy groups -OCH3 is 1. The second kappa shape index (κ2) is 10.8. The van der Waals surface area contributed by atoms with Crippen LogP contribution in [0.4, 0.5) is 30.7 Å². The molecule has 0 saturated heterocycles. The van der Waals surface area contributed by atoms with Crippen molar-refractivity contribution in [2.75, 3.05) is 7.11 Å². The number of hydrogen-bond acceptors (Lipinski definition) is 5. The average Bonchev–Trinajstić information content (AvgIpc) is 3.36. The lowest BCUT2D eigenvalue weighted by atomic mass is 9.99. The normalized spacial score (nSPS) is 15.5. The fourth-order valence-corrected chi connectivity index (χ4v) is 4.55. The summed E-state index contributed by atoms with van der Waals surface area (Å²) in [4.78, 5) is 11.1. The van der Waals surface area contributed by atoms with Crippen molar-refractivity contribution in [3.05, 3.63) is 119 Å². The van der Waals surface area contributed by atoms with E-state index in [0.29, 0.717) is 28.8 Å². The molecule has 0 N–H and O–H groups in total. The van der Waals surface area contributed by atoms with Gasteiger partial charge in [-0.05, 0) is 35.9 Å². The van der Waals surface area contributed by atoms with E-state index in [4.69, 9.17) is 9.57 Å². The highest BCUT2D eigenvalue weighted by Crippen LogP contribution is 2.42. The molecule has 0 bridgehead atoms. The maximum atomic E-state index is 14.9. The van der Waals surface area contributed by atoms with Gasteiger partial charge in [0.2, 0.25) is 12.1 Å². The number of amidine groups is 1. The van der Waals surface area contributed by atoms with E-state index in [1.165, 1.54) is 42.5 Å². The van der Waals surface area contributed by atoms with Gasteiger partial charge in [-0.15, -0.1) is 0 Å². The van der Waals surface area contributed by atoms with E-state index in [2.05, 4.69) is 10.1 Å². The van der Waals surface area contributed by atoms with Gasteiger partial charge in [0.1, 0.15) is 5.82 Å². The third-order valence-electron chi connectivity index (χ3n) is 6.42. The Hall–Kier alpha value is -4.61. The Balaban J connectivity index is 1.68. The minimum absolute atomic E-state index is 0.0438. The maximum absolute atomic E-state index is 14.9. The van der Waals surface area contributed by atoms with E-state index >= 15 is 0 Å². The molecule has 1 aliphatic heterocycles. The fourth-order valence-electron chi connectivity index (χ4n) is 4.55. The Morgan fingerprint density at radius 2 is 1.46 bits per heavy atom. The van der Waals surface area contributed by atoms with Crippen molar-refractivity contribution in [1.29, 1.82) is 0 Å². The van der Waals surface area contributed by atoms with Crippen LogP contribution in [0.3, 0.4) is 0 Å². The number of alkyl halides is 6. The molecule has 1 atom stereocenters. The number of nitrogens with zero attached hydrogens (tertiary/aromatic N) is 3. The molecule has 1 aliphatic rings. The van der Waals surface area contributed by atoms with E-state index in [1.807, 2.05) is 0 Å². The lowest BCUT2D eigenvalue weighted by molar-refractivity contribution is -0.143. The Morgan fingerprint density at radius 1 is 0.829 bits per heavy atom. The highest BCUT2D eigenvalue weighted by molar-refractivity contribution is 5.99. The first-order valence-electron chi connectivity index (χ1n) is 12.1. The molecule has 12 heteroatoms. The Labute approximate surface area is 229 Å². The van der Waals surface area contributed by atoms with Gasteiger partial charge in [0.05, 0.1) is 24.8 Å². The summed E-state index contributed by atoms with van der Waals surface area (Å²) in [7, 11) is 1.34. The second-order valence-electron chi connectivity index (χ2n) is 9.03. The number of halogens is 7. The van der Waals surface area contributed by atoms with E-state index in [1.54, 1.807) is 36.4 Å². The molecule has 3 aromatic carbocycles. The zero-order valence-electron chi connectivity index (χ0n) is 21.2. The van der Waals surface area contributed by atoms with E-state index in [-0.39, 0.29) is 29.9 Å². The van der Waals surface area contributed by atoms with Crippen LogP contribution < -0.4 is 4.74 Å². The first-order valence-corrected chi connectivity index (χ1v) is 12.1. The summed E-state index contributed by atoms with van der Waals surface area (Å²) < 4.78 is 102. The smallest absolute Gasteiger partial charge is 0.416 e. The molecule has 0 saturated carbocycles. The molecule has 1 aromatic heterocycles. The number of oxime groups is 1. The second-order valence-corrected chi connectivity index (χ2v) is 9.03. The molecule has 0 spiro atoms. The molecule has 41 heavy (non-hydrogen) atoms. The molecule has 2 heterocycles. The van der Waals surface area contributed by atoms with Crippen molar-refractivity contribution >= 4 is 5.84 Å². The van der Waals surface area contributed by atoms with Gasteiger partial charge in [0.25, 0.3) is 0 Å². The summed E-state index contributed by atoms with van der Waals surface area (Å²) in [6.07, 6.45) is -10.2. The monoisotopic (exact) mass is 575 g/mol. The predicted octanol–water partition coefficient (Wildman–Crippen LogP) is 7.83. The summed E-state index contributed by atoms with van der Waals surface area (Å²) >= 11 is 0. The topological polar surface area (TPSA) is 47.0 Å². The lowest BCUT2D eigenvalue weighted by Crippen LogP contribution is -2.31. The maximum Gasteiger partial charge on any atom is 0.416 e. The SMILES string of the molecule is COc1nccc(-c2ccccc2F)c1CN1C(c2ccccc2)=NOC1c1cc(C(F)(F)F)cc(C(F)(F)F)c1. The Kier molecular flexibility index (Phi) is 7.33. The quantitative estimate of drug-likeness (QED) is 0.220. The van der Waals surface area contributed by atoms with E-state index < -0.39 is 41.1 Å². The average molecular weight is 575 g/mol. The molecule has 0 radical (unpaired) electrons. The number of aromatic nitrogens is 1. The van der Waals surface area contributed by atoms with Crippen LogP contribution in [0.5, 0.6) is 5.88 Å². The van der Waals surface area contributed by atoms with Crippen molar-refractivity contribution < 1.29 is 40.3 Å². The van der Waals surface area contributed by atoms with Gasteiger partial charge in [-0.1, -0.05) is 53.7 Å². The molecule has 5 nitrogen and oxygen atoms in total. The van der Waals surface area contributed by atoms with Crippen LogP contribution in [0.1, 0.15) is 34.0 Å². The van der Waals surface area contributed by atoms with Crippen LogP contribution in [-0.2, 0) is 23.7 Å². The van der Waals surface area contributed by atoms with Crippen LogP contribution in [0.2, 0.25) is 0 Å². The molecular formula is C29H20F7N3O2. The fraction of sp³-hybridized carbons (Fsp3) is 0.172. The van der Waals surface area contributed by atoms with Gasteiger partial charge < -0.3 is 14.5 Å². The summed E-state index contributed by atoms with van der Waals surface area (Å²) in [6, 6.07) is 17.1.